The predicted molar refractivity (Wildman–Crippen MR) is 106 cm³/mol. The summed E-state index contributed by atoms with van der Waals surface area (Å²) in [5.41, 5.74) is 1.81. The lowest BCUT2D eigenvalue weighted by molar-refractivity contribution is -0.124. The first-order valence-electron chi connectivity index (χ1n) is 9.45. The van der Waals surface area contributed by atoms with Crippen LogP contribution in [0, 0.1) is 0 Å². The van der Waals surface area contributed by atoms with Crippen LogP contribution in [-0.4, -0.2) is 43.7 Å². The Morgan fingerprint density at radius 2 is 1.86 bits per heavy atom. The minimum absolute atomic E-state index is 0.0268. The normalized spacial score (nSPS) is 20.0. The Morgan fingerprint density at radius 3 is 2.61 bits per heavy atom. The molecule has 2 unspecified atom stereocenters. The molecule has 2 N–H and O–H groups in total. The number of rotatable bonds is 6. The van der Waals surface area contributed by atoms with Gasteiger partial charge in [-0.2, -0.15) is 0 Å². The monoisotopic (exact) mass is 381 g/mol. The number of carbonyl (C=O) groups is 2. The fourth-order valence-corrected chi connectivity index (χ4v) is 3.72. The van der Waals surface area contributed by atoms with Crippen molar-refractivity contribution in [1.82, 2.24) is 5.32 Å². The lowest BCUT2D eigenvalue weighted by atomic mass is 10.1. The van der Waals surface area contributed by atoms with E-state index in [0.717, 1.165) is 17.1 Å². The Bertz CT molecular complexity index is 868. The smallest absolute Gasteiger partial charge is 0.258 e. The van der Waals surface area contributed by atoms with E-state index in [-0.39, 0.29) is 30.5 Å². The van der Waals surface area contributed by atoms with E-state index in [1.165, 1.54) is 0 Å². The minimum atomic E-state index is -0.257. The van der Waals surface area contributed by atoms with Crippen LogP contribution < -0.4 is 25.0 Å². The van der Waals surface area contributed by atoms with Gasteiger partial charge in [-0.3, -0.25) is 9.59 Å². The Balaban J connectivity index is 1.32. The molecule has 1 fully saturated rings. The number of hydrogen-bond acceptors (Lipinski definition) is 5. The minimum Gasteiger partial charge on any atom is -0.494 e. The van der Waals surface area contributed by atoms with Crippen molar-refractivity contribution in [2.75, 3.05) is 30.0 Å². The number of carbonyl (C=O) groups excluding carboxylic acids is 2. The molecule has 28 heavy (non-hydrogen) atoms. The summed E-state index contributed by atoms with van der Waals surface area (Å²) < 4.78 is 10.9. The predicted octanol–water partition coefficient (Wildman–Crippen LogP) is 2.18. The molecule has 146 valence electrons. The maximum absolute atomic E-state index is 12.4. The van der Waals surface area contributed by atoms with E-state index in [1.807, 2.05) is 43.3 Å². The quantitative estimate of drug-likeness (QED) is 0.802. The number of para-hydroxylation sites is 2. The van der Waals surface area contributed by atoms with E-state index in [2.05, 4.69) is 15.5 Å². The Kier molecular flexibility index (Phi) is 5.06. The van der Waals surface area contributed by atoms with Crippen LogP contribution in [0.1, 0.15) is 13.3 Å². The van der Waals surface area contributed by atoms with E-state index in [9.17, 15) is 9.59 Å². The van der Waals surface area contributed by atoms with E-state index in [1.54, 1.807) is 12.1 Å². The number of fused-ring (bicyclic) bond motifs is 3. The van der Waals surface area contributed by atoms with Crippen molar-refractivity contribution in [1.29, 1.82) is 0 Å². The number of amides is 2. The Morgan fingerprint density at radius 1 is 1.14 bits per heavy atom. The van der Waals surface area contributed by atoms with Gasteiger partial charge in [0.2, 0.25) is 5.91 Å². The molecule has 4 rings (SSSR count). The van der Waals surface area contributed by atoms with Gasteiger partial charge in [0, 0.05) is 12.6 Å². The van der Waals surface area contributed by atoms with Crippen LogP contribution in [0.2, 0.25) is 0 Å². The molecule has 2 heterocycles. The van der Waals surface area contributed by atoms with Gasteiger partial charge in [-0.1, -0.05) is 12.1 Å². The van der Waals surface area contributed by atoms with E-state index < -0.39 is 0 Å². The average Bonchev–Trinajstić information content (AvgIpc) is 3.12. The molecule has 0 spiro atoms. The van der Waals surface area contributed by atoms with E-state index in [0.29, 0.717) is 25.3 Å². The van der Waals surface area contributed by atoms with Gasteiger partial charge in [-0.25, -0.2) is 0 Å². The molecule has 2 amide bonds. The zero-order valence-electron chi connectivity index (χ0n) is 15.7. The molecular weight excluding hydrogens is 358 g/mol. The van der Waals surface area contributed by atoms with Crippen LogP contribution in [0.3, 0.4) is 0 Å². The van der Waals surface area contributed by atoms with Gasteiger partial charge in [0.05, 0.1) is 18.0 Å². The topological polar surface area (TPSA) is 79.9 Å². The summed E-state index contributed by atoms with van der Waals surface area (Å²) in [6, 6.07) is 14.5. The van der Waals surface area contributed by atoms with Crippen molar-refractivity contribution in [2.45, 2.75) is 25.4 Å². The second-order valence-electron chi connectivity index (χ2n) is 6.87. The molecule has 2 aliphatic heterocycles. The Hall–Kier alpha value is -3.22. The summed E-state index contributed by atoms with van der Waals surface area (Å²) in [7, 11) is 0. The summed E-state index contributed by atoms with van der Waals surface area (Å²) in [4.78, 5) is 26.7. The largest absolute Gasteiger partial charge is 0.494 e. The number of hydrogen-bond donors (Lipinski definition) is 2. The second-order valence-corrected chi connectivity index (χ2v) is 6.87. The van der Waals surface area contributed by atoms with Gasteiger partial charge in [0.15, 0.2) is 6.61 Å². The standard InChI is InChI=1S/C21H23N3O4/c1-2-27-15-7-9-16(10-8-15)28-13-20(25)22-14-11-19-21(26)23-17-5-3-4-6-18(17)24(19)12-14/h3-10,14,19H,2,11-13H2,1H3,(H,22,25)(H,23,26). The maximum atomic E-state index is 12.4. The number of nitrogens with one attached hydrogen (secondary N) is 2. The fraction of sp³-hybridized carbons (Fsp3) is 0.333. The van der Waals surface area contributed by atoms with Crippen LogP contribution in [0.4, 0.5) is 11.4 Å². The molecule has 1 saturated heterocycles. The molecule has 0 aromatic heterocycles. The second kappa shape index (κ2) is 7.80. The first-order valence-corrected chi connectivity index (χ1v) is 9.45. The van der Waals surface area contributed by atoms with E-state index >= 15 is 0 Å². The molecule has 2 aliphatic rings. The van der Waals surface area contributed by atoms with Crippen molar-refractivity contribution in [2.24, 2.45) is 0 Å². The summed E-state index contributed by atoms with van der Waals surface area (Å²) in [5, 5.41) is 5.92. The highest BCUT2D eigenvalue weighted by molar-refractivity contribution is 6.04. The third kappa shape index (κ3) is 3.74. The van der Waals surface area contributed by atoms with Crippen molar-refractivity contribution >= 4 is 23.2 Å². The third-order valence-corrected chi connectivity index (χ3v) is 4.94. The highest BCUT2D eigenvalue weighted by atomic mass is 16.5. The Labute approximate surface area is 163 Å². The zero-order valence-corrected chi connectivity index (χ0v) is 15.7. The van der Waals surface area contributed by atoms with Gasteiger partial charge >= 0.3 is 0 Å². The van der Waals surface area contributed by atoms with E-state index in [4.69, 9.17) is 9.47 Å². The summed E-state index contributed by atoms with van der Waals surface area (Å²) in [6.07, 6.45) is 0.578. The average molecular weight is 381 g/mol. The van der Waals surface area contributed by atoms with Gasteiger partial charge in [-0.05, 0) is 49.7 Å². The maximum Gasteiger partial charge on any atom is 0.258 e. The number of ether oxygens (including phenoxy) is 2. The number of benzene rings is 2. The molecule has 7 heteroatoms. The summed E-state index contributed by atoms with van der Waals surface area (Å²) >= 11 is 0. The molecule has 2 atom stereocenters. The lowest BCUT2D eigenvalue weighted by Crippen LogP contribution is -2.44. The molecule has 7 nitrogen and oxygen atoms in total. The van der Waals surface area contributed by atoms with Crippen molar-refractivity contribution in [3.05, 3.63) is 48.5 Å². The highest BCUT2D eigenvalue weighted by Crippen LogP contribution is 2.36. The lowest BCUT2D eigenvalue weighted by Gasteiger charge is -2.32. The number of nitrogens with zero attached hydrogens (tertiary/aromatic N) is 1. The molecule has 2 aromatic carbocycles. The van der Waals surface area contributed by atoms with Crippen LogP contribution in [0.15, 0.2) is 48.5 Å². The third-order valence-electron chi connectivity index (χ3n) is 4.94. The van der Waals surface area contributed by atoms with Gasteiger partial charge < -0.3 is 25.0 Å². The van der Waals surface area contributed by atoms with Crippen LogP contribution in [0.25, 0.3) is 0 Å². The van der Waals surface area contributed by atoms with Crippen molar-refractivity contribution in [3.63, 3.8) is 0 Å². The van der Waals surface area contributed by atoms with Gasteiger partial charge in [0.25, 0.3) is 5.91 Å². The van der Waals surface area contributed by atoms with Gasteiger partial charge in [0.1, 0.15) is 17.5 Å². The molecule has 2 aromatic rings. The molecule has 0 bridgehead atoms. The molecule has 0 saturated carbocycles. The molecule has 0 aliphatic carbocycles. The first-order chi connectivity index (χ1) is 13.6. The SMILES string of the molecule is CCOc1ccc(OCC(=O)NC2CC3C(=O)Nc4ccccc4N3C2)cc1. The zero-order chi connectivity index (χ0) is 19.5. The van der Waals surface area contributed by atoms with Crippen LogP contribution >= 0.6 is 0 Å². The van der Waals surface area contributed by atoms with Gasteiger partial charge in [-0.15, -0.1) is 0 Å². The number of anilines is 2. The highest BCUT2D eigenvalue weighted by Gasteiger charge is 2.41. The summed E-state index contributed by atoms with van der Waals surface area (Å²) in [5.74, 6) is 1.14. The van der Waals surface area contributed by atoms with Crippen LogP contribution in [0.5, 0.6) is 11.5 Å². The van der Waals surface area contributed by atoms with Crippen molar-refractivity contribution in [3.8, 4) is 11.5 Å². The fourth-order valence-electron chi connectivity index (χ4n) is 3.72. The molecule has 0 radical (unpaired) electrons. The van der Waals surface area contributed by atoms with Crippen LogP contribution in [-0.2, 0) is 9.59 Å². The molecular formula is C21H23N3O4. The summed E-state index contributed by atoms with van der Waals surface area (Å²) in [6.45, 7) is 3.05. The first kappa shape index (κ1) is 18.2. The van der Waals surface area contributed by atoms with Crippen molar-refractivity contribution < 1.29 is 19.1 Å².